The SMILES string of the molecule is COCCCN(C(=S)Nc1cc(C)cc(C)c1)[C@H]1CCS(=O)(=O)C1. The maximum absolute atomic E-state index is 11.8. The van der Waals surface area contributed by atoms with Gasteiger partial charge in [0.15, 0.2) is 14.9 Å². The summed E-state index contributed by atoms with van der Waals surface area (Å²) in [5.41, 5.74) is 3.26. The zero-order valence-electron chi connectivity index (χ0n) is 14.5. The molecule has 0 aliphatic carbocycles. The average Bonchev–Trinajstić information content (AvgIpc) is 2.82. The van der Waals surface area contributed by atoms with Crippen LogP contribution in [0.15, 0.2) is 18.2 Å². The highest BCUT2D eigenvalue weighted by molar-refractivity contribution is 7.91. The Morgan fingerprint density at radius 1 is 1.33 bits per heavy atom. The van der Waals surface area contributed by atoms with Crippen LogP contribution >= 0.6 is 12.2 Å². The van der Waals surface area contributed by atoms with Crippen molar-refractivity contribution in [2.24, 2.45) is 0 Å². The van der Waals surface area contributed by atoms with Crippen molar-refractivity contribution in [2.45, 2.75) is 32.7 Å². The van der Waals surface area contributed by atoms with Gasteiger partial charge in [0.25, 0.3) is 0 Å². The largest absolute Gasteiger partial charge is 0.385 e. The van der Waals surface area contributed by atoms with Crippen LogP contribution in [0.2, 0.25) is 0 Å². The van der Waals surface area contributed by atoms with Gasteiger partial charge in [0, 0.05) is 32.0 Å². The van der Waals surface area contributed by atoms with Gasteiger partial charge in [-0.2, -0.15) is 0 Å². The molecular weight excluding hydrogens is 344 g/mol. The van der Waals surface area contributed by atoms with E-state index in [4.69, 9.17) is 17.0 Å². The highest BCUT2D eigenvalue weighted by Crippen LogP contribution is 2.20. The molecular formula is C17H26N2O3S2. The van der Waals surface area contributed by atoms with Gasteiger partial charge in [-0.3, -0.25) is 0 Å². The Morgan fingerprint density at radius 3 is 2.54 bits per heavy atom. The van der Waals surface area contributed by atoms with E-state index in [0.29, 0.717) is 24.7 Å². The maximum Gasteiger partial charge on any atom is 0.173 e. The number of thiocarbonyl (C=S) groups is 1. The van der Waals surface area contributed by atoms with Gasteiger partial charge in [-0.15, -0.1) is 0 Å². The van der Waals surface area contributed by atoms with Crippen LogP contribution in [0, 0.1) is 13.8 Å². The first kappa shape index (κ1) is 19.1. The molecule has 1 heterocycles. The molecule has 2 rings (SSSR count). The van der Waals surface area contributed by atoms with Gasteiger partial charge in [0.1, 0.15) is 0 Å². The fraction of sp³-hybridized carbons (Fsp3) is 0.588. The summed E-state index contributed by atoms with van der Waals surface area (Å²) in [5, 5.41) is 3.86. The molecule has 0 spiro atoms. The number of sulfone groups is 1. The fourth-order valence-corrected chi connectivity index (χ4v) is 5.18. The van der Waals surface area contributed by atoms with E-state index < -0.39 is 9.84 Å². The number of nitrogens with one attached hydrogen (secondary N) is 1. The molecule has 0 unspecified atom stereocenters. The third-order valence-electron chi connectivity index (χ3n) is 4.13. The number of hydrogen-bond acceptors (Lipinski definition) is 4. The van der Waals surface area contributed by atoms with E-state index in [1.165, 1.54) is 0 Å². The molecule has 1 N–H and O–H groups in total. The molecule has 1 aromatic carbocycles. The Morgan fingerprint density at radius 2 is 2.00 bits per heavy atom. The van der Waals surface area contributed by atoms with E-state index >= 15 is 0 Å². The van der Waals surface area contributed by atoms with Crippen molar-refractivity contribution < 1.29 is 13.2 Å². The molecule has 1 aliphatic heterocycles. The van der Waals surface area contributed by atoms with Crippen molar-refractivity contribution in [3.63, 3.8) is 0 Å². The summed E-state index contributed by atoms with van der Waals surface area (Å²) < 4.78 is 28.8. The van der Waals surface area contributed by atoms with Crippen LogP contribution in [0.5, 0.6) is 0 Å². The Kier molecular flexibility index (Phi) is 6.60. The molecule has 1 aliphatic rings. The monoisotopic (exact) mass is 370 g/mol. The normalized spacial score (nSPS) is 19.2. The second-order valence-corrected chi connectivity index (χ2v) is 9.02. The van der Waals surface area contributed by atoms with E-state index in [2.05, 4.69) is 11.4 Å². The first-order valence-corrected chi connectivity index (χ1v) is 10.4. The van der Waals surface area contributed by atoms with Gasteiger partial charge in [-0.05, 0) is 62.2 Å². The summed E-state index contributed by atoms with van der Waals surface area (Å²) in [6, 6.07) is 6.13. The number of aryl methyl sites for hydroxylation is 2. The number of hydrogen-bond donors (Lipinski definition) is 1. The van der Waals surface area contributed by atoms with Crippen LogP contribution in [-0.2, 0) is 14.6 Å². The zero-order chi connectivity index (χ0) is 17.7. The van der Waals surface area contributed by atoms with E-state index in [9.17, 15) is 8.42 Å². The van der Waals surface area contributed by atoms with Gasteiger partial charge < -0.3 is 15.0 Å². The van der Waals surface area contributed by atoms with Crippen LogP contribution in [0.3, 0.4) is 0 Å². The highest BCUT2D eigenvalue weighted by atomic mass is 32.2. The van der Waals surface area contributed by atoms with Crippen LogP contribution in [0.4, 0.5) is 5.69 Å². The summed E-state index contributed by atoms with van der Waals surface area (Å²) in [6.45, 7) is 5.40. The lowest BCUT2D eigenvalue weighted by atomic mass is 10.1. The van der Waals surface area contributed by atoms with Crippen molar-refractivity contribution in [1.82, 2.24) is 4.90 Å². The van der Waals surface area contributed by atoms with E-state index in [1.807, 2.05) is 30.9 Å². The molecule has 0 bridgehead atoms. The summed E-state index contributed by atoms with van der Waals surface area (Å²) in [4.78, 5) is 2.01. The summed E-state index contributed by atoms with van der Waals surface area (Å²) in [7, 11) is -1.29. The second-order valence-electron chi connectivity index (χ2n) is 6.40. The topological polar surface area (TPSA) is 58.6 Å². The number of benzene rings is 1. The van der Waals surface area contributed by atoms with Crippen molar-refractivity contribution in [2.75, 3.05) is 37.1 Å². The molecule has 0 saturated carbocycles. The lowest BCUT2D eigenvalue weighted by Gasteiger charge is -2.31. The third kappa shape index (κ3) is 5.43. The first-order valence-electron chi connectivity index (χ1n) is 8.16. The predicted molar refractivity (Wildman–Crippen MR) is 102 cm³/mol. The van der Waals surface area contributed by atoms with E-state index in [0.717, 1.165) is 23.2 Å². The average molecular weight is 371 g/mol. The molecule has 1 aromatic rings. The lowest BCUT2D eigenvalue weighted by molar-refractivity contribution is 0.181. The zero-order valence-corrected chi connectivity index (χ0v) is 16.2. The minimum absolute atomic E-state index is 0.0576. The van der Waals surface area contributed by atoms with Crippen molar-refractivity contribution >= 4 is 32.9 Å². The number of anilines is 1. The maximum atomic E-state index is 11.8. The Balaban J connectivity index is 2.11. The van der Waals surface area contributed by atoms with Gasteiger partial charge in [-0.25, -0.2) is 8.42 Å². The van der Waals surface area contributed by atoms with Crippen molar-refractivity contribution in [3.8, 4) is 0 Å². The third-order valence-corrected chi connectivity index (χ3v) is 6.22. The minimum Gasteiger partial charge on any atom is -0.385 e. The molecule has 1 fully saturated rings. The lowest BCUT2D eigenvalue weighted by Crippen LogP contribution is -2.44. The van der Waals surface area contributed by atoms with Gasteiger partial charge in [0.2, 0.25) is 0 Å². The second kappa shape index (κ2) is 8.27. The number of rotatable bonds is 6. The van der Waals surface area contributed by atoms with Gasteiger partial charge >= 0.3 is 0 Å². The van der Waals surface area contributed by atoms with E-state index in [-0.39, 0.29) is 17.5 Å². The minimum atomic E-state index is -2.95. The molecule has 0 aromatic heterocycles. The van der Waals surface area contributed by atoms with Crippen LogP contribution < -0.4 is 5.32 Å². The fourth-order valence-electron chi connectivity index (χ4n) is 3.09. The molecule has 7 heteroatoms. The molecule has 5 nitrogen and oxygen atoms in total. The molecule has 1 atom stereocenters. The molecule has 0 radical (unpaired) electrons. The van der Waals surface area contributed by atoms with Gasteiger partial charge in [-0.1, -0.05) is 6.07 Å². The molecule has 24 heavy (non-hydrogen) atoms. The quantitative estimate of drug-likeness (QED) is 0.613. The summed E-state index contributed by atoms with van der Waals surface area (Å²) >= 11 is 5.58. The van der Waals surface area contributed by atoms with E-state index in [1.54, 1.807) is 7.11 Å². The first-order chi connectivity index (χ1) is 11.3. The van der Waals surface area contributed by atoms with Crippen molar-refractivity contribution in [3.05, 3.63) is 29.3 Å². The Bertz CT molecular complexity index is 669. The summed E-state index contributed by atoms with van der Waals surface area (Å²) in [5.74, 6) is 0.416. The van der Waals surface area contributed by atoms with Crippen LogP contribution in [-0.4, -0.2) is 56.2 Å². The molecule has 0 amide bonds. The van der Waals surface area contributed by atoms with Crippen molar-refractivity contribution in [1.29, 1.82) is 0 Å². The van der Waals surface area contributed by atoms with Gasteiger partial charge in [0.05, 0.1) is 11.5 Å². The Hall–Kier alpha value is -1.18. The molecule has 1 saturated heterocycles. The smallest absolute Gasteiger partial charge is 0.173 e. The van der Waals surface area contributed by atoms with Crippen LogP contribution in [0.1, 0.15) is 24.0 Å². The number of nitrogens with zero attached hydrogens (tertiary/aromatic N) is 1. The Labute approximate surface area is 150 Å². The standard InChI is InChI=1S/C17H26N2O3S2/c1-13-9-14(2)11-15(10-13)18-17(23)19(6-4-7-22-3)16-5-8-24(20,21)12-16/h9-11,16H,4-8,12H2,1-3H3,(H,18,23)/t16-/m0/s1. The predicted octanol–water partition coefficient (Wildman–Crippen LogP) is 2.53. The molecule has 134 valence electrons. The van der Waals surface area contributed by atoms with Crippen LogP contribution in [0.25, 0.3) is 0 Å². The summed E-state index contributed by atoms with van der Waals surface area (Å²) in [6.07, 6.45) is 1.44. The highest BCUT2D eigenvalue weighted by Gasteiger charge is 2.33. The number of ether oxygens (including phenoxy) is 1. The number of methoxy groups -OCH3 is 1.